The monoisotopic (exact) mass is 536 g/mol. The van der Waals surface area contributed by atoms with Gasteiger partial charge in [-0.25, -0.2) is 31.9 Å². The maximum atomic E-state index is 14.3. The Hall–Kier alpha value is -4.65. The Labute approximate surface area is 216 Å². The maximum absolute atomic E-state index is 14.3. The van der Waals surface area contributed by atoms with Gasteiger partial charge in [0, 0.05) is 12.1 Å². The van der Waals surface area contributed by atoms with Gasteiger partial charge in [-0.05, 0) is 36.4 Å². The highest BCUT2D eigenvalue weighted by Gasteiger charge is 2.19. The average Bonchev–Trinajstić information content (AvgIpc) is 3.63. The van der Waals surface area contributed by atoms with Crippen molar-refractivity contribution in [1.82, 2.24) is 35.0 Å². The summed E-state index contributed by atoms with van der Waals surface area (Å²) < 4.78 is 58.6. The quantitative estimate of drug-likeness (QED) is 0.261. The molecule has 8 nitrogen and oxygen atoms in total. The van der Waals surface area contributed by atoms with Crippen LogP contribution < -0.4 is 4.90 Å². The normalized spacial score (nSPS) is 11.4. The van der Waals surface area contributed by atoms with E-state index in [1.165, 1.54) is 32.8 Å². The van der Waals surface area contributed by atoms with Crippen LogP contribution in [0.1, 0.15) is 11.4 Å². The molecule has 0 saturated heterocycles. The van der Waals surface area contributed by atoms with Gasteiger partial charge in [-0.1, -0.05) is 33.9 Å². The average molecular weight is 537 g/mol. The predicted octanol–water partition coefficient (Wildman–Crippen LogP) is 5.22. The summed E-state index contributed by atoms with van der Waals surface area (Å²) in [5.41, 5.74) is 1.91. The molecular weight excluding hydrogens is 520 g/mol. The first kappa shape index (κ1) is 23.7. The van der Waals surface area contributed by atoms with Crippen LogP contribution in [0.15, 0.2) is 73.1 Å². The molecule has 0 aliphatic heterocycles. The van der Waals surface area contributed by atoms with Gasteiger partial charge in [0.15, 0.2) is 16.8 Å². The Bertz CT molecular complexity index is 1640. The van der Waals surface area contributed by atoms with Gasteiger partial charge in [0.1, 0.15) is 34.4 Å². The zero-order chi connectivity index (χ0) is 26.2. The van der Waals surface area contributed by atoms with Crippen molar-refractivity contribution < 1.29 is 17.6 Å². The Morgan fingerprint density at radius 1 is 0.711 bits per heavy atom. The summed E-state index contributed by atoms with van der Waals surface area (Å²) >= 11 is 1.46. The first-order valence-electron chi connectivity index (χ1n) is 11.3. The summed E-state index contributed by atoms with van der Waals surface area (Å²) in [6.07, 6.45) is 3.09. The SMILES string of the molecule is Fc1ccc(-n2cc(CN(Cc3cn(-c4ccc(F)cc4F)nn3)c3nc4ccccc4s3)nn2)c(F)c1. The van der Waals surface area contributed by atoms with E-state index in [1.54, 1.807) is 12.4 Å². The molecule has 0 spiro atoms. The second kappa shape index (κ2) is 9.67. The molecule has 6 rings (SSSR count). The number of fused-ring (bicyclic) bond motifs is 1. The second-order valence-corrected chi connectivity index (χ2v) is 9.33. The van der Waals surface area contributed by atoms with Crippen LogP contribution in [0.5, 0.6) is 0 Å². The molecule has 0 aliphatic carbocycles. The van der Waals surface area contributed by atoms with E-state index in [2.05, 4.69) is 20.6 Å². The van der Waals surface area contributed by atoms with Crippen LogP contribution in [0.4, 0.5) is 22.7 Å². The summed E-state index contributed by atoms with van der Waals surface area (Å²) in [5.74, 6) is -2.92. The number of anilines is 1. The van der Waals surface area contributed by atoms with E-state index in [1.807, 2.05) is 29.2 Å². The largest absolute Gasteiger partial charge is 0.336 e. The van der Waals surface area contributed by atoms with Crippen LogP contribution in [0.2, 0.25) is 0 Å². The maximum Gasteiger partial charge on any atom is 0.187 e. The number of halogens is 4. The zero-order valence-corrected chi connectivity index (χ0v) is 20.2. The third-order valence-electron chi connectivity index (χ3n) is 5.65. The Kier molecular flexibility index (Phi) is 6.04. The van der Waals surface area contributed by atoms with Gasteiger partial charge in [0.2, 0.25) is 0 Å². The molecule has 13 heteroatoms. The predicted molar refractivity (Wildman–Crippen MR) is 132 cm³/mol. The fourth-order valence-electron chi connectivity index (χ4n) is 3.89. The van der Waals surface area contributed by atoms with Crippen molar-refractivity contribution in [3.05, 3.63) is 108 Å². The van der Waals surface area contributed by atoms with E-state index >= 15 is 0 Å². The lowest BCUT2D eigenvalue weighted by atomic mass is 10.3. The summed E-state index contributed by atoms with van der Waals surface area (Å²) in [6, 6.07) is 14.0. The summed E-state index contributed by atoms with van der Waals surface area (Å²) in [7, 11) is 0. The van der Waals surface area contributed by atoms with Crippen LogP contribution in [0.3, 0.4) is 0 Å². The molecule has 190 valence electrons. The first-order chi connectivity index (χ1) is 18.4. The Morgan fingerprint density at radius 3 is 1.79 bits per heavy atom. The molecule has 0 saturated carbocycles. The number of thiazole rings is 1. The second-order valence-electron chi connectivity index (χ2n) is 8.32. The molecule has 0 aliphatic rings. The smallest absolute Gasteiger partial charge is 0.187 e. The lowest BCUT2D eigenvalue weighted by molar-refractivity contribution is 0.571. The molecule has 0 bridgehead atoms. The van der Waals surface area contributed by atoms with E-state index < -0.39 is 23.3 Å². The van der Waals surface area contributed by atoms with E-state index in [4.69, 9.17) is 4.98 Å². The lowest BCUT2D eigenvalue weighted by Crippen LogP contribution is -2.22. The third kappa shape index (κ3) is 4.70. The number of nitrogens with zero attached hydrogens (tertiary/aromatic N) is 8. The molecule has 0 radical (unpaired) electrons. The molecular formula is C25H16F4N8S. The number of para-hydroxylation sites is 1. The third-order valence-corrected chi connectivity index (χ3v) is 6.75. The molecule has 0 N–H and O–H groups in total. The lowest BCUT2D eigenvalue weighted by Gasteiger charge is -2.19. The highest BCUT2D eigenvalue weighted by Crippen LogP contribution is 2.30. The van der Waals surface area contributed by atoms with E-state index in [-0.39, 0.29) is 24.5 Å². The highest BCUT2D eigenvalue weighted by molar-refractivity contribution is 7.22. The van der Waals surface area contributed by atoms with Crippen molar-refractivity contribution in [1.29, 1.82) is 0 Å². The van der Waals surface area contributed by atoms with E-state index in [0.717, 1.165) is 34.5 Å². The minimum Gasteiger partial charge on any atom is -0.336 e. The van der Waals surface area contributed by atoms with Gasteiger partial charge in [0.05, 0.1) is 35.7 Å². The Balaban J connectivity index is 1.31. The van der Waals surface area contributed by atoms with Crippen LogP contribution in [0.25, 0.3) is 21.6 Å². The van der Waals surface area contributed by atoms with Crippen LogP contribution in [-0.2, 0) is 13.1 Å². The van der Waals surface area contributed by atoms with Gasteiger partial charge in [-0.15, -0.1) is 10.2 Å². The number of benzene rings is 3. The van der Waals surface area contributed by atoms with Crippen molar-refractivity contribution in [3.8, 4) is 11.4 Å². The Morgan fingerprint density at radius 2 is 1.26 bits per heavy atom. The molecule has 0 unspecified atom stereocenters. The van der Waals surface area contributed by atoms with Crippen molar-refractivity contribution in [2.45, 2.75) is 13.1 Å². The summed E-state index contributed by atoms with van der Waals surface area (Å²) in [4.78, 5) is 6.60. The number of aromatic nitrogens is 7. The van der Waals surface area contributed by atoms with Gasteiger partial charge in [-0.2, -0.15) is 0 Å². The fourth-order valence-corrected chi connectivity index (χ4v) is 4.85. The molecule has 0 amide bonds. The zero-order valence-electron chi connectivity index (χ0n) is 19.3. The standard InChI is InChI=1S/C25H16F4N8S/c26-15-5-7-22(19(28)9-15)36-13-17(31-33-36)11-35(25-30-21-3-1-2-4-24(21)38-25)12-18-14-37(34-32-18)23-8-6-16(27)10-20(23)29/h1-10,13-14H,11-12H2. The van der Waals surface area contributed by atoms with E-state index in [0.29, 0.717) is 16.5 Å². The molecule has 3 aromatic heterocycles. The topological polar surface area (TPSA) is 77.5 Å². The van der Waals surface area contributed by atoms with Crippen LogP contribution >= 0.6 is 11.3 Å². The van der Waals surface area contributed by atoms with Crippen molar-refractivity contribution in [2.24, 2.45) is 0 Å². The molecule has 38 heavy (non-hydrogen) atoms. The molecule has 0 atom stereocenters. The number of hydrogen-bond donors (Lipinski definition) is 0. The van der Waals surface area contributed by atoms with Crippen molar-refractivity contribution in [2.75, 3.05) is 4.90 Å². The number of hydrogen-bond acceptors (Lipinski definition) is 7. The van der Waals surface area contributed by atoms with Crippen LogP contribution in [-0.4, -0.2) is 35.0 Å². The molecule has 3 aromatic carbocycles. The summed E-state index contributed by atoms with van der Waals surface area (Å²) in [5, 5.41) is 16.9. The van der Waals surface area contributed by atoms with Gasteiger partial charge < -0.3 is 4.90 Å². The van der Waals surface area contributed by atoms with Crippen LogP contribution in [0, 0.1) is 23.3 Å². The van der Waals surface area contributed by atoms with Gasteiger partial charge >= 0.3 is 0 Å². The molecule has 6 aromatic rings. The van der Waals surface area contributed by atoms with Crippen molar-refractivity contribution >= 4 is 26.7 Å². The van der Waals surface area contributed by atoms with Gasteiger partial charge in [-0.3, -0.25) is 0 Å². The highest BCUT2D eigenvalue weighted by atomic mass is 32.1. The first-order valence-corrected chi connectivity index (χ1v) is 12.1. The van der Waals surface area contributed by atoms with E-state index in [9.17, 15) is 17.6 Å². The minimum atomic E-state index is -0.769. The fraction of sp³-hybridized carbons (Fsp3) is 0.0800. The number of rotatable bonds is 7. The van der Waals surface area contributed by atoms with Gasteiger partial charge in [0.25, 0.3) is 0 Å². The molecule has 3 heterocycles. The summed E-state index contributed by atoms with van der Waals surface area (Å²) in [6.45, 7) is 0.445. The minimum absolute atomic E-state index is 0.0564. The molecule has 0 fully saturated rings. The van der Waals surface area contributed by atoms with Crippen molar-refractivity contribution in [3.63, 3.8) is 0 Å².